The Morgan fingerprint density at radius 3 is 2.95 bits per heavy atom. The molecule has 0 bridgehead atoms. The summed E-state index contributed by atoms with van der Waals surface area (Å²) in [7, 11) is 0. The van der Waals surface area contributed by atoms with Gasteiger partial charge in [0, 0.05) is 12.5 Å². The zero-order valence-electron chi connectivity index (χ0n) is 11.9. The highest BCUT2D eigenvalue weighted by atomic mass is 16.7. The fourth-order valence-electron chi connectivity index (χ4n) is 3.21. The molecule has 1 heterocycles. The van der Waals surface area contributed by atoms with E-state index in [0.29, 0.717) is 6.42 Å². The molecule has 4 heteroatoms. The van der Waals surface area contributed by atoms with Crippen LogP contribution in [0.4, 0.5) is 0 Å². The molecule has 1 fully saturated rings. The molecule has 110 valence electrons. The second-order valence-electron chi connectivity index (χ2n) is 5.88. The van der Waals surface area contributed by atoms with Crippen LogP contribution < -0.4 is 5.73 Å². The van der Waals surface area contributed by atoms with Crippen molar-refractivity contribution in [3.05, 3.63) is 35.4 Å². The molecule has 1 aromatic carbocycles. The topological polar surface area (TPSA) is 64.7 Å². The first-order valence-electron chi connectivity index (χ1n) is 7.47. The minimum absolute atomic E-state index is 0.0830. The lowest BCUT2D eigenvalue weighted by atomic mass is 9.89. The quantitative estimate of drug-likeness (QED) is 0.866. The van der Waals surface area contributed by atoms with Gasteiger partial charge in [0.1, 0.15) is 0 Å². The Labute approximate surface area is 119 Å². The summed E-state index contributed by atoms with van der Waals surface area (Å²) < 4.78 is 11.9. The van der Waals surface area contributed by atoms with Gasteiger partial charge in [0.25, 0.3) is 0 Å². The van der Waals surface area contributed by atoms with Crippen molar-refractivity contribution < 1.29 is 14.6 Å². The number of aliphatic hydroxyl groups excluding tert-OH is 1. The van der Waals surface area contributed by atoms with Crippen LogP contribution in [-0.2, 0) is 15.9 Å². The zero-order valence-corrected chi connectivity index (χ0v) is 11.9. The first-order chi connectivity index (χ1) is 9.65. The Bertz CT molecular complexity index is 453. The largest absolute Gasteiger partial charge is 0.389 e. The Kier molecular flexibility index (Phi) is 4.08. The molecule has 4 nitrogen and oxygen atoms in total. The lowest BCUT2D eigenvalue weighted by Crippen LogP contribution is -2.51. The van der Waals surface area contributed by atoms with Crippen LogP contribution >= 0.6 is 0 Å². The molecule has 1 aliphatic heterocycles. The van der Waals surface area contributed by atoms with E-state index in [1.165, 1.54) is 11.1 Å². The Balaban J connectivity index is 1.70. The van der Waals surface area contributed by atoms with Gasteiger partial charge >= 0.3 is 0 Å². The van der Waals surface area contributed by atoms with Gasteiger partial charge in [-0.2, -0.15) is 0 Å². The summed E-state index contributed by atoms with van der Waals surface area (Å²) in [4.78, 5) is 0. The normalized spacial score (nSPS) is 37.5. The minimum atomic E-state index is -0.603. The first-order valence-corrected chi connectivity index (χ1v) is 7.47. The molecule has 0 unspecified atom stereocenters. The molecular weight excluding hydrogens is 254 g/mol. The number of hydrogen-bond acceptors (Lipinski definition) is 4. The first kappa shape index (κ1) is 14.0. The van der Waals surface area contributed by atoms with Crippen molar-refractivity contribution >= 4 is 0 Å². The minimum Gasteiger partial charge on any atom is -0.389 e. The van der Waals surface area contributed by atoms with Crippen LogP contribution in [0.25, 0.3) is 0 Å². The summed E-state index contributed by atoms with van der Waals surface area (Å²) in [5.74, 6) is 0. The van der Waals surface area contributed by atoms with Crippen molar-refractivity contribution in [2.75, 3.05) is 0 Å². The van der Waals surface area contributed by atoms with Gasteiger partial charge in [0.2, 0.25) is 0 Å². The molecule has 3 N–H and O–H groups in total. The molecule has 0 radical (unpaired) electrons. The smallest absolute Gasteiger partial charge is 0.160 e. The van der Waals surface area contributed by atoms with E-state index in [2.05, 4.69) is 24.3 Å². The maximum atomic E-state index is 9.82. The van der Waals surface area contributed by atoms with Crippen LogP contribution in [0, 0.1) is 0 Å². The molecule has 3 rings (SSSR count). The van der Waals surface area contributed by atoms with Crippen LogP contribution in [0.3, 0.4) is 0 Å². The number of ether oxygens (including phenoxy) is 2. The van der Waals surface area contributed by atoms with Gasteiger partial charge in [0.15, 0.2) is 6.29 Å². The number of nitrogens with two attached hydrogens (primary N) is 1. The summed E-state index contributed by atoms with van der Waals surface area (Å²) in [5.41, 5.74) is 8.59. The number of fused-ring (bicyclic) bond motifs is 1. The van der Waals surface area contributed by atoms with Gasteiger partial charge in [-0.05, 0) is 37.3 Å². The van der Waals surface area contributed by atoms with E-state index in [9.17, 15) is 5.11 Å². The summed E-state index contributed by atoms with van der Waals surface area (Å²) in [6.07, 6.45) is 2.71. The maximum Gasteiger partial charge on any atom is 0.160 e. The summed E-state index contributed by atoms with van der Waals surface area (Å²) in [6, 6.07) is 8.17. The van der Waals surface area contributed by atoms with E-state index in [-0.39, 0.29) is 24.5 Å². The van der Waals surface area contributed by atoms with Crippen molar-refractivity contribution in [3.63, 3.8) is 0 Å². The number of rotatable bonds is 2. The van der Waals surface area contributed by atoms with E-state index in [1.807, 2.05) is 6.92 Å². The average molecular weight is 277 g/mol. The molecule has 5 atom stereocenters. The predicted molar refractivity (Wildman–Crippen MR) is 76.1 cm³/mol. The zero-order chi connectivity index (χ0) is 14.1. The highest BCUT2D eigenvalue weighted by Gasteiger charge is 2.35. The highest BCUT2D eigenvalue weighted by molar-refractivity contribution is 5.31. The maximum absolute atomic E-state index is 9.82. The second kappa shape index (κ2) is 5.82. The highest BCUT2D eigenvalue weighted by Crippen LogP contribution is 2.35. The number of aryl methyl sites for hydroxylation is 1. The van der Waals surface area contributed by atoms with E-state index < -0.39 is 6.10 Å². The molecule has 0 spiro atoms. The lowest BCUT2D eigenvalue weighted by molar-refractivity contribution is -0.242. The average Bonchev–Trinajstić information content (AvgIpc) is 2.45. The van der Waals surface area contributed by atoms with Crippen molar-refractivity contribution in [1.29, 1.82) is 0 Å². The van der Waals surface area contributed by atoms with Crippen LogP contribution in [0.2, 0.25) is 0 Å². The molecule has 0 saturated carbocycles. The third-order valence-electron chi connectivity index (χ3n) is 4.38. The van der Waals surface area contributed by atoms with Gasteiger partial charge in [0.05, 0.1) is 18.3 Å². The van der Waals surface area contributed by atoms with Gasteiger partial charge < -0.3 is 20.3 Å². The number of aliphatic hydroxyl groups is 1. The van der Waals surface area contributed by atoms with Crippen LogP contribution in [0.1, 0.15) is 43.4 Å². The van der Waals surface area contributed by atoms with Crippen molar-refractivity contribution in [2.24, 2.45) is 5.73 Å². The predicted octanol–water partition coefficient (Wildman–Crippen LogP) is 1.90. The van der Waals surface area contributed by atoms with E-state index in [0.717, 1.165) is 19.3 Å². The molecule has 0 aromatic heterocycles. The monoisotopic (exact) mass is 277 g/mol. The van der Waals surface area contributed by atoms with Gasteiger partial charge in [-0.1, -0.05) is 24.3 Å². The molecule has 1 aromatic rings. The van der Waals surface area contributed by atoms with Crippen molar-refractivity contribution in [3.8, 4) is 0 Å². The second-order valence-corrected chi connectivity index (χ2v) is 5.88. The standard InChI is InChI=1S/C16H23NO3/c1-10-16(18)13(17)9-15(19-10)20-14-8-4-6-11-5-2-3-7-12(11)14/h2-3,5,7,10,13-16,18H,4,6,8-9,17H2,1H3/t10-,13-,14-,15+,16+/m1/s1. The van der Waals surface area contributed by atoms with Gasteiger partial charge in [-0.25, -0.2) is 0 Å². The lowest BCUT2D eigenvalue weighted by Gasteiger charge is -2.38. The van der Waals surface area contributed by atoms with E-state index in [1.54, 1.807) is 0 Å². The SMILES string of the molecule is C[C@H]1O[C@@H](O[C@@H]2CCCc3ccccc32)C[C@@H](N)[C@H]1O. The summed E-state index contributed by atoms with van der Waals surface area (Å²) >= 11 is 0. The van der Waals surface area contributed by atoms with Crippen LogP contribution in [0.5, 0.6) is 0 Å². The Hall–Kier alpha value is -0.940. The van der Waals surface area contributed by atoms with Crippen LogP contribution in [0.15, 0.2) is 24.3 Å². The van der Waals surface area contributed by atoms with Crippen molar-refractivity contribution in [1.82, 2.24) is 0 Å². The fourth-order valence-corrected chi connectivity index (χ4v) is 3.21. The summed E-state index contributed by atoms with van der Waals surface area (Å²) in [5, 5.41) is 9.82. The third-order valence-corrected chi connectivity index (χ3v) is 4.38. The fraction of sp³-hybridized carbons (Fsp3) is 0.625. The molecule has 1 aliphatic carbocycles. The molecule has 1 saturated heterocycles. The molecule has 2 aliphatic rings. The van der Waals surface area contributed by atoms with Crippen molar-refractivity contribution in [2.45, 2.75) is 63.3 Å². The van der Waals surface area contributed by atoms with E-state index >= 15 is 0 Å². The van der Waals surface area contributed by atoms with Crippen LogP contribution in [-0.4, -0.2) is 29.6 Å². The molecule has 20 heavy (non-hydrogen) atoms. The Morgan fingerprint density at radius 2 is 2.15 bits per heavy atom. The van der Waals surface area contributed by atoms with Gasteiger partial charge in [-0.15, -0.1) is 0 Å². The summed E-state index contributed by atoms with van der Waals surface area (Å²) in [6.45, 7) is 1.84. The van der Waals surface area contributed by atoms with E-state index in [4.69, 9.17) is 15.2 Å². The number of benzene rings is 1. The molecular formula is C16H23NO3. The Morgan fingerprint density at radius 1 is 1.35 bits per heavy atom. The third kappa shape index (κ3) is 2.74. The molecule has 0 amide bonds. The van der Waals surface area contributed by atoms with Gasteiger partial charge in [-0.3, -0.25) is 0 Å². The number of hydrogen-bond donors (Lipinski definition) is 2.